The third-order valence-corrected chi connectivity index (χ3v) is 6.05. The zero-order chi connectivity index (χ0) is 23.7. The molecule has 1 N–H and O–H groups in total. The van der Waals surface area contributed by atoms with Gasteiger partial charge in [-0.1, -0.05) is 12.1 Å². The molecule has 0 atom stereocenters. The van der Waals surface area contributed by atoms with Crippen molar-refractivity contribution in [1.29, 1.82) is 0 Å². The maximum absolute atomic E-state index is 13.1. The third-order valence-electron chi connectivity index (χ3n) is 6.05. The summed E-state index contributed by atoms with van der Waals surface area (Å²) in [5.41, 5.74) is 2.72. The molecule has 4 amide bonds. The van der Waals surface area contributed by atoms with Gasteiger partial charge in [0.05, 0.1) is 10.6 Å². The van der Waals surface area contributed by atoms with Gasteiger partial charge in [-0.3, -0.25) is 25.0 Å². The van der Waals surface area contributed by atoms with Crippen LogP contribution in [0.1, 0.15) is 36.0 Å². The van der Waals surface area contributed by atoms with E-state index >= 15 is 0 Å². The number of rotatable bonds is 4. The second kappa shape index (κ2) is 8.85. The number of aryl methyl sites for hydroxylation is 2. The molecular formula is C24H24N4O5. The van der Waals surface area contributed by atoms with Gasteiger partial charge in [-0.15, -0.1) is 0 Å². The smallest absolute Gasteiger partial charge is 0.335 e. The summed E-state index contributed by atoms with van der Waals surface area (Å²) in [4.78, 5) is 52.2. The lowest BCUT2D eigenvalue weighted by atomic mass is 10.0. The van der Waals surface area contributed by atoms with E-state index in [1.165, 1.54) is 12.1 Å². The number of amides is 4. The Morgan fingerprint density at radius 3 is 2.36 bits per heavy atom. The number of nitro benzene ring substituents is 1. The highest BCUT2D eigenvalue weighted by Gasteiger charge is 2.37. The fourth-order valence-corrected chi connectivity index (χ4v) is 4.10. The molecule has 2 fully saturated rings. The van der Waals surface area contributed by atoms with Crippen molar-refractivity contribution >= 4 is 41.0 Å². The van der Waals surface area contributed by atoms with Crippen molar-refractivity contribution in [2.45, 2.75) is 33.1 Å². The highest BCUT2D eigenvalue weighted by Crippen LogP contribution is 2.32. The van der Waals surface area contributed by atoms with Gasteiger partial charge in [-0.2, -0.15) is 0 Å². The Labute approximate surface area is 190 Å². The minimum Gasteiger partial charge on any atom is -0.366 e. The first kappa shape index (κ1) is 22.2. The van der Waals surface area contributed by atoms with Crippen LogP contribution < -0.4 is 15.1 Å². The van der Waals surface area contributed by atoms with Crippen LogP contribution in [0.3, 0.4) is 0 Å². The number of hydrogen-bond acceptors (Lipinski definition) is 6. The first-order valence-electron chi connectivity index (χ1n) is 10.8. The van der Waals surface area contributed by atoms with Crippen molar-refractivity contribution in [1.82, 2.24) is 5.32 Å². The maximum atomic E-state index is 13.1. The van der Waals surface area contributed by atoms with Crippen LogP contribution in [-0.4, -0.2) is 35.9 Å². The molecule has 0 aromatic heterocycles. The van der Waals surface area contributed by atoms with Gasteiger partial charge in [0.25, 0.3) is 17.5 Å². The summed E-state index contributed by atoms with van der Waals surface area (Å²) in [5.74, 6) is -1.62. The molecule has 2 aliphatic rings. The molecule has 2 heterocycles. The number of benzene rings is 2. The van der Waals surface area contributed by atoms with E-state index in [9.17, 15) is 24.5 Å². The maximum Gasteiger partial charge on any atom is 0.335 e. The standard InChI is InChI=1S/C24H24N4O5/c1-15-6-8-18(12-16(15)2)27-23(30)19(22(29)25-24(27)31)13-17-7-9-20(21(14-17)28(32)33)26-10-4-3-5-11-26/h6-9,12-14H,3-5,10-11H2,1-2H3,(H,25,29,31). The van der Waals surface area contributed by atoms with Gasteiger partial charge in [-0.05, 0) is 74.1 Å². The Hall–Kier alpha value is -4.01. The molecule has 0 spiro atoms. The normalized spacial score (nSPS) is 18.0. The van der Waals surface area contributed by atoms with Gasteiger partial charge in [0.2, 0.25) is 0 Å². The number of nitrogens with zero attached hydrogens (tertiary/aromatic N) is 3. The third kappa shape index (κ3) is 4.34. The van der Waals surface area contributed by atoms with Crippen LogP contribution >= 0.6 is 0 Å². The molecule has 0 aliphatic carbocycles. The molecule has 2 aromatic rings. The number of nitrogens with one attached hydrogen (secondary N) is 1. The van der Waals surface area contributed by atoms with E-state index in [-0.39, 0.29) is 11.3 Å². The Morgan fingerprint density at radius 1 is 0.970 bits per heavy atom. The molecule has 0 saturated carbocycles. The SMILES string of the molecule is Cc1ccc(N2C(=O)NC(=O)C(=Cc3ccc(N4CCCCC4)c([N+](=O)[O-])c3)C2=O)cc1C. The highest BCUT2D eigenvalue weighted by atomic mass is 16.6. The first-order chi connectivity index (χ1) is 15.8. The molecule has 9 heteroatoms. The average molecular weight is 448 g/mol. The van der Waals surface area contributed by atoms with E-state index in [0.29, 0.717) is 16.9 Å². The van der Waals surface area contributed by atoms with E-state index in [0.717, 1.165) is 48.4 Å². The van der Waals surface area contributed by atoms with Crippen LogP contribution in [0.25, 0.3) is 6.08 Å². The second-order valence-corrected chi connectivity index (χ2v) is 8.28. The van der Waals surface area contributed by atoms with Crippen LogP contribution in [-0.2, 0) is 9.59 Å². The Morgan fingerprint density at radius 2 is 1.70 bits per heavy atom. The zero-order valence-corrected chi connectivity index (χ0v) is 18.5. The fraction of sp³-hybridized carbons (Fsp3) is 0.292. The fourth-order valence-electron chi connectivity index (χ4n) is 4.10. The summed E-state index contributed by atoms with van der Waals surface area (Å²) in [5, 5.41) is 13.9. The number of piperidine rings is 1. The van der Waals surface area contributed by atoms with Crippen molar-refractivity contribution in [2.75, 3.05) is 22.9 Å². The van der Waals surface area contributed by atoms with Crippen LogP contribution in [0, 0.1) is 24.0 Å². The molecule has 0 radical (unpaired) electrons. The number of carbonyl (C=O) groups excluding carboxylic acids is 3. The molecule has 2 saturated heterocycles. The van der Waals surface area contributed by atoms with E-state index in [1.54, 1.807) is 30.3 Å². The molecule has 170 valence electrons. The number of imide groups is 2. The number of anilines is 2. The highest BCUT2D eigenvalue weighted by molar-refractivity contribution is 6.39. The van der Waals surface area contributed by atoms with Crippen molar-refractivity contribution in [3.8, 4) is 0 Å². The van der Waals surface area contributed by atoms with E-state index in [2.05, 4.69) is 5.32 Å². The van der Waals surface area contributed by atoms with Gasteiger partial charge in [0.15, 0.2) is 0 Å². The van der Waals surface area contributed by atoms with Gasteiger partial charge in [0.1, 0.15) is 11.3 Å². The van der Waals surface area contributed by atoms with Crippen LogP contribution in [0.4, 0.5) is 21.9 Å². The minimum atomic E-state index is -0.840. The molecule has 9 nitrogen and oxygen atoms in total. The lowest BCUT2D eigenvalue weighted by Crippen LogP contribution is -2.54. The summed E-state index contributed by atoms with van der Waals surface area (Å²) in [7, 11) is 0. The van der Waals surface area contributed by atoms with E-state index in [4.69, 9.17) is 0 Å². The van der Waals surface area contributed by atoms with E-state index in [1.807, 2.05) is 18.7 Å². The summed E-state index contributed by atoms with van der Waals surface area (Å²) in [6, 6.07) is 8.91. The van der Waals surface area contributed by atoms with Crippen LogP contribution in [0.15, 0.2) is 42.0 Å². The Kier molecular flexibility index (Phi) is 5.95. The quantitative estimate of drug-likeness (QED) is 0.329. The largest absolute Gasteiger partial charge is 0.366 e. The summed E-state index contributed by atoms with van der Waals surface area (Å²) >= 11 is 0. The number of hydrogen-bond donors (Lipinski definition) is 1. The second-order valence-electron chi connectivity index (χ2n) is 8.28. The Bertz CT molecular complexity index is 1200. The van der Waals surface area contributed by atoms with Gasteiger partial charge in [-0.25, -0.2) is 9.69 Å². The predicted molar refractivity (Wildman–Crippen MR) is 124 cm³/mol. The predicted octanol–water partition coefficient (Wildman–Crippen LogP) is 3.87. The number of nitro groups is 1. The van der Waals surface area contributed by atoms with Gasteiger partial charge >= 0.3 is 6.03 Å². The topological polar surface area (TPSA) is 113 Å². The molecule has 0 bridgehead atoms. The minimum absolute atomic E-state index is 0.0861. The molecule has 33 heavy (non-hydrogen) atoms. The number of barbiturate groups is 1. The summed E-state index contributed by atoms with van der Waals surface area (Å²) in [6.45, 7) is 5.26. The Balaban J connectivity index is 1.71. The number of urea groups is 1. The van der Waals surface area contributed by atoms with Crippen molar-refractivity contribution in [2.24, 2.45) is 0 Å². The first-order valence-corrected chi connectivity index (χ1v) is 10.8. The molecule has 2 aromatic carbocycles. The molecular weight excluding hydrogens is 424 g/mol. The van der Waals surface area contributed by atoms with Gasteiger partial charge < -0.3 is 4.90 Å². The van der Waals surface area contributed by atoms with Crippen molar-refractivity contribution in [3.05, 3.63) is 68.8 Å². The molecule has 0 unspecified atom stereocenters. The van der Waals surface area contributed by atoms with E-state index < -0.39 is 22.8 Å². The van der Waals surface area contributed by atoms with Crippen LogP contribution in [0.2, 0.25) is 0 Å². The van der Waals surface area contributed by atoms with Crippen molar-refractivity contribution < 1.29 is 19.3 Å². The zero-order valence-electron chi connectivity index (χ0n) is 18.5. The summed E-state index contributed by atoms with van der Waals surface area (Å²) in [6.07, 6.45) is 4.33. The molecule has 4 rings (SSSR count). The number of carbonyl (C=O) groups is 3. The van der Waals surface area contributed by atoms with Crippen molar-refractivity contribution in [3.63, 3.8) is 0 Å². The van der Waals surface area contributed by atoms with Crippen LogP contribution in [0.5, 0.6) is 0 Å². The lowest BCUT2D eigenvalue weighted by molar-refractivity contribution is -0.384. The summed E-state index contributed by atoms with van der Waals surface area (Å²) < 4.78 is 0. The lowest BCUT2D eigenvalue weighted by Gasteiger charge is -2.28. The van der Waals surface area contributed by atoms with Gasteiger partial charge in [0, 0.05) is 19.2 Å². The molecule has 2 aliphatic heterocycles. The monoisotopic (exact) mass is 448 g/mol. The average Bonchev–Trinajstić information content (AvgIpc) is 2.79.